The number of phenolic OH excluding ortho intramolecular Hbond substituents is 2. The van der Waals surface area contributed by atoms with Gasteiger partial charge in [0.05, 0.1) is 6.61 Å². The van der Waals surface area contributed by atoms with Gasteiger partial charge in [-0.2, -0.15) is 0 Å². The lowest BCUT2D eigenvalue weighted by molar-refractivity contribution is 0.181. The van der Waals surface area contributed by atoms with Crippen molar-refractivity contribution in [3.05, 3.63) is 58.7 Å². The van der Waals surface area contributed by atoms with Gasteiger partial charge in [0.25, 0.3) is 0 Å². The molecule has 3 unspecified atom stereocenters. The van der Waals surface area contributed by atoms with Gasteiger partial charge in [-0.05, 0) is 83.5 Å². The Hall–Kier alpha value is -2.00. The molecule has 2 aliphatic carbocycles. The first-order chi connectivity index (χ1) is 12.2. The molecule has 3 heteroatoms. The second-order valence-corrected chi connectivity index (χ2v) is 7.56. The number of hydrogen-bond acceptors (Lipinski definition) is 3. The lowest BCUT2D eigenvalue weighted by Crippen LogP contribution is -2.31. The molecule has 0 aromatic heterocycles. The fourth-order valence-corrected chi connectivity index (χ4v) is 5.09. The number of fused-ring (bicyclic) bond motifs is 3. The molecule has 0 radical (unpaired) electrons. The van der Waals surface area contributed by atoms with Gasteiger partial charge in [0.15, 0.2) is 0 Å². The third-order valence-corrected chi connectivity index (χ3v) is 6.14. The number of rotatable bonds is 3. The summed E-state index contributed by atoms with van der Waals surface area (Å²) in [6, 6.07) is 11.6. The molecule has 2 aromatic carbocycles. The number of aromatic hydroxyl groups is 2. The Bertz CT molecular complexity index is 751. The highest BCUT2D eigenvalue weighted by Gasteiger charge is 2.39. The molecule has 0 aliphatic heterocycles. The molecule has 0 spiro atoms. The van der Waals surface area contributed by atoms with Crippen molar-refractivity contribution in [1.29, 1.82) is 0 Å². The first-order valence-electron chi connectivity index (χ1n) is 9.30. The van der Waals surface area contributed by atoms with Gasteiger partial charge in [-0.1, -0.05) is 25.0 Å². The Balaban J connectivity index is 1.80. The molecule has 2 N–H and O–H groups in total. The van der Waals surface area contributed by atoms with Crippen molar-refractivity contribution in [2.75, 3.05) is 7.11 Å². The van der Waals surface area contributed by atoms with Crippen molar-refractivity contribution < 1.29 is 14.9 Å². The van der Waals surface area contributed by atoms with E-state index in [4.69, 9.17) is 4.74 Å². The predicted molar refractivity (Wildman–Crippen MR) is 98.1 cm³/mol. The Morgan fingerprint density at radius 3 is 2.48 bits per heavy atom. The molecule has 132 valence electrons. The van der Waals surface area contributed by atoms with E-state index >= 15 is 0 Å². The van der Waals surface area contributed by atoms with Crippen LogP contribution in [-0.2, 0) is 17.8 Å². The van der Waals surface area contributed by atoms with Gasteiger partial charge in [-0.3, -0.25) is 0 Å². The van der Waals surface area contributed by atoms with Crippen molar-refractivity contribution in [2.24, 2.45) is 5.92 Å². The highest BCUT2D eigenvalue weighted by Crippen LogP contribution is 2.52. The maximum absolute atomic E-state index is 10.2. The van der Waals surface area contributed by atoms with Crippen molar-refractivity contribution in [3.63, 3.8) is 0 Å². The molecule has 0 amide bonds. The number of ether oxygens (including phenoxy) is 1. The van der Waals surface area contributed by atoms with Crippen LogP contribution in [0.5, 0.6) is 11.5 Å². The molecular formula is C22H26O3. The summed E-state index contributed by atoms with van der Waals surface area (Å²) in [6.07, 6.45) is 5.97. The Labute approximate surface area is 149 Å². The number of phenols is 2. The SMILES string of the molecule is COCc1cc(O)cc2c1CC(c1ccc(O)cc1)C1CCCCC21. The van der Waals surface area contributed by atoms with Crippen LogP contribution in [0.2, 0.25) is 0 Å². The molecule has 0 saturated heterocycles. The number of methoxy groups -OCH3 is 1. The van der Waals surface area contributed by atoms with E-state index in [1.807, 2.05) is 12.1 Å². The van der Waals surface area contributed by atoms with Gasteiger partial charge in [-0.15, -0.1) is 0 Å². The first-order valence-corrected chi connectivity index (χ1v) is 9.30. The van der Waals surface area contributed by atoms with Crippen LogP contribution in [0.1, 0.15) is 59.8 Å². The number of benzene rings is 2. The third-order valence-electron chi connectivity index (χ3n) is 6.14. The minimum Gasteiger partial charge on any atom is -0.508 e. The average molecular weight is 338 g/mol. The summed E-state index contributed by atoms with van der Waals surface area (Å²) in [5, 5.41) is 19.9. The Kier molecular flexibility index (Phi) is 4.43. The minimum absolute atomic E-state index is 0.324. The number of hydrogen-bond donors (Lipinski definition) is 2. The maximum atomic E-state index is 10.2. The third kappa shape index (κ3) is 3.02. The molecule has 25 heavy (non-hydrogen) atoms. The lowest BCUT2D eigenvalue weighted by atomic mass is 9.61. The summed E-state index contributed by atoms with van der Waals surface area (Å²) in [5.74, 6) is 2.28. The first kappa shape index (κ1) is 16.5. The molecule has 1 fully saturated rings. The summed E-state index contributed by atoms with van der Waals surface area (Å²) in [5.41, 5.74) is 5.13. The molecule has 0 heterocycles. The van der Waals surface area contributed by atoms with E-state index in [9.17, 15) is 10.2 Å². The van der Waals surface area contributed by atoms with E-state index in [2.05, 4.69) is 12.1 Å². The zero-order chi connectivity index (χ0) is 17.4. The molecule has 3 atom stereocenters. The molecule has 2 aliphatic rings. The van der Waals surface area contributed by atoms with Gasteiger partial charge in [-0.25, -0.2) is 0 Å². The largest absolute Gasteiger partial charge is 0.508 e. The van der Waals surface area contributed by atoms with Gasteiger partial charge < -0.3 is 14.9 Å². The van der Waals surface area contributed by atoms with E-state index < -0.39 is 0 Å². The van der Waals surface area contributed by atoms with E-state index in [0.717, 1.165) is 12.0 Å². The maximum Gasteiger partial charge on any atom is 0.116 e. The van der Waals surface area contributed by atoms with Crippen LogP contribution in [0.4, 0.5) is 0 Å². The van der Waals surface area contributed by atoms with E-state index in [1.165, 1.54) is 42.4 Å². The normalized spacial score (nSPS) is 25.2. The molecular weight excluding hydrogens is 312 g/mol. The van der Waals surface area contributed by atoms with E-state index in [-0.39, 0.29) is 0 Å². The average Bonchev–Trinajstić information content (AvgIpc) is 2.62. The molecule has 4 rings (SSSR count). The molecule has 1 saturated carbocycles. The zero-order valence-corrected chi connectivity index (χ0v) is 14.7. The fraction of sp³-hybridized carbons (Fsp3) is 0.455. The smallest absolute Gasteiger partial charge is 0.116 e. The van der Waals surface area contributed by atoms with Crippen LogP contribution in [-0.4, -0.2) is 17.3 Å². The van der Waals surface area contributed by atoms with Gasteiger partial charge in [0.2, 0.25) is 0 Å². The Morgan fingerprint density at radius 1 is 0.960 bits per heavy atom. The van der Waals surface area contributed by atoms with Crippen LogP contribution in [0.25, 0.3) is 0 Å². The second kappa shape index (κ2) is 6.72. The standard InChI is InChI=1S/C22H26O3/c1-25-13-15-10-17(24)11-22-19-5-3-2-4-18(19)20(12-21(15)22)14-6-8-16(23)9-7-14/h6-11,18-20,23-24H,2-5,12-13H2,1H3. The second-order valence-electron chi connectivity index (χ2n) is 7.56. The van der Waals surface area contributed by atoms with Crippen LogP contribution >= 0.6 is 0 Å². The van der Waals surface area contributed by atoms with Gasteiger partial charge >= 0.3 is 0 Å². The van der Waals surface area contributed by atoms with Crippen molar-refractivity contribution >= 4 is 0 Å². The lowest BCUT2D eigenvalue weighted by Gasteiger charge is -2.43. The minimum atomic E-state index is 0.324. The van der Waals surface area contributed by atoms with Gasteiger partial charge in [0, 0.05) is 7.11 Å². The van der Waals surface area contributed by atoms with Crippen LogP contribution in [0.15, 0.2) is 36.4 Å². The topological polar surface area (TPSA) is 49.7 Å². The van der Waals surface area contributed by atoms with Crippen molar-refractivity contribution in [3.8, 4) is 11.5 Å². The van der Waals surface area contributed by atoms with E-state index in [1.54, 1.807) is 19.2 Å². The quantitative estimate of drug-likeness (QED) is 0.840. The van der Waals surface area contributed by atoms with Gasteiger partial charge in [0.1, 0.15) is 11.5 Å². The summed E-state index contributed by atoms with van der Waals surface area (Å²) in [6.45, 7) is 0.538. The van der Waals surface area contributed by atoms with Crippen LogP contribution in [0, 0.1) is 5.92 Å². The summed E-state index contributed by atoms with van der Waals surface area (Å²) >= 11 is 0. The molecule has 3 nitrogen and oxygen atoms in total. The molecule has 0 bridgehead atoms. The molecule has 2 aromatic rings. The fourth-order valence-electron chi connectivity index (χ4n) is 5.09. The summed E-state index contributed by atoms with van der Waals surface area (Å²) in [4.78, 5) is 0. The highest BCUT2D eigenvalue weighted by molar-refractivity contribution is 5.48. The van der Waals surface area contributed by atoms with Crippen LogP contribution in [0.3, 0.4) is 0 Å². The van der Waals surface area contributed by atoms with Crippen molar-refractivity contribution in [1.82, 2.24) is 0 Å². The zero-order valence-electron chi connectivity index (χ0n) is 14.7. The predicted octanol–water partition coefficient (Wildman–Crippen LogP) is 4.86. The van der Waals surface area contributed by atoms with Crippen molar-refractivity contribution in [2.45, 2.75) is 50.5 Å². The summed E-state index contributed by atoms with van der Waals surface area (Å²) < 4.78 is 5.40. The monoisotopic (exact) mass is 338 g/mol. The highest BCUT2D eigenvalue weighted by atomic mass is 16.5. The van der Waals surface area contributed by atoms with E-state index in [0.29, 0.717) is 35.9 Å². The summed E-state index contributed by atoms with van der Waals surface area (Å²) in [7, 11) is 1.71. The van der Waals surface area contributed by atoms with Crippen LogP contribution < -0.4 is 0 Å². The Morgan fingerprint density at radius 2 is 1.72 bits per heavy atom.